The second-order valence-electron chi connectivity index (χ2n) is 5.49. The Morgan fingerprint density at radius 2 is 2.05 bits per heavy atom. The largest absolute Gasteiger partial charge is 0.316 e. The average molecular weight is 286 g/mol. The second-order valence-corrected chi connectivity index (χ2v) is 6.50. The molecule has 0 saturated heterocycles. The van der Waals surface area contributed by atoms with Crippen LogP contribution in [0.25, 0.3) is 0 Å². The second kappa shape index (κ2) is 6.08. The molecule has 2 heterocycles. The van der Waals surface area contributed by atoms with E-state index >= 15 is 0 Å². The van der Waals surface area contributed by atoms with Crippen molar-refractivity contribution < 1.29 is 0 Å². The lowest BCUT2D eigenvalue weighted by Gasteiger charge is -2.34. The maximum absolute atomic E-state index is 3.27. The van der Waals surface area contributed by atoms with E-state index in [4.69, 9.17) is 0 Å². The lowest BCUT2D eigenvalue weighted by molar-refractivity contribution is 0.191. The van der Waals surface area contributed by atoms with Gasteiger partial charge in [0.1, 0.15) is 0 Å². The standard InChI is InChI=1S/C17H22N2S/c1-13-16-8-10-20-17(16)7-9-19(13)12-15-6-4-3-5-14(15)11-18-2/h3-6,8,10,13,18H,7,9,11-12H2,1-2H3. The van der Waals surface area contributed by atoms with Gasteiger partial charge in [0.25, 0.3) is 0 Å². The molecule has 2 aromatic rings. The van der Waals surface area contributed by atoms with Crippen molar-refractivity contribution in [3.8, 4) is 0 Å². The zero-order valence-electron chi connectivity index (χ0n) is 12.2. The van der Waals surface area contributed by atoms with Gasteiger partial charge in [-0.05, 0) is 48.5 Å². The van der Waals surface area contributed by atoms with Crippen LogP contribution in [0.1, 0.15) is 34.5 Å². The molecule has 0 spiro atoms. The first kappa shape index (κ1) is 13.8. The van der Waals surface area contributed by atoms with Gasteiger partial charge in [-0.25, -0.2) is 0 Å². The van der Waals surface area contributed by atoms with Gasteiger partial charge in [0, 0.05) is 30.6 Å². The number of hydrogen-bond acceptors (Lipinski definition) is 3. The summed E-state index contributed by atoms with van der Waals surface area (Å²) in [4.78, 5) is 4.18. The summed E-state index contributed by atoms with van der Waals surface area (Å²) in [5.74, 6) is 0. The lowest BCUT2D eigenvalue weighted by atomic mass is 9.99. The maximum atomic E-state index is 3.27. The quantitative estimate of drug-likeness (QED) is 0.924. The lowest BCUT2D eigenvalue weighted by Crippen LogP contribution is -2.33. The van der Waals surface area contributed by atoms with Gasteiger partial charge < -0.3 is 5.32 Å². The molecule has 3 heteroatoms. The van der Waals surface area contributed by atoms with E-state index in [0.717, 1.165) is 13.1 Å². The molecule has 0 radical (unpaired) electrons. The fourth-order valence-corrected chi connectivity index (χ4v) is 4.03. The van der Waals surface area contributed by atoms with E-state index in [-0.39, 0.29) is 0 Å². The Morgan fingerprint density at radius 1 is 1.25 bits per heavy atom. The number of nitrogens with one attached hydrogen (secondary N) is 1. The number of nitrogens with zero attached hydrogens (tertiary/aromatic N) is 1. The monoisotopic (exact) mass is 286 g/mol. The molecule has 0 saturated carbocycles. The summed E-state index contributed by atoms with van der Waals surface area (Å²) in [7, 11) is 2.01. The predicted octanol–water partition coefficient (Wildman–Crippen LogP) is 3.59. The molecule has 1 aliphatic heterocycles. The summed E-state index contributed by atoms with van der Waals surface area (Å²) >= 11 is 1.91. The number of thiophene rings is 1. The van der Waals surface area contributed by atoms with Crippen molar-refractivity contribution in [1.29, 1.82) is 0 Å². The average Bonchev–Trinajstić information content (AvgIpc) is 2.93. The van der Waals surface area contributed by atoms with Gasteiger partial charge in [-0.3, -0.25) is 4.90 Å². The fraction of sp³-hybridized carbons (Fsp3) is 0.412. The number of hydrogen-bond donors (Lipinski definition) is 1. The Balaban J connectivity index is 1.79. The van der Waals surface area contributed by atoms with Crippen LogP contribution in [0.15, 0.2) is 35.7 Å². The molecule has 1 unspecified atom stereocenters. The molecule has 0 fully saturated rings. The van der Waals surface area contributed by atoms with Gasteiger partial charge in [0.2, 0.25) is 0 Å². The smallest absolute Gasteiger partial charge is 0.0334 e. The molecule has 1 N–H and O–H groups in total. The summed E-state index contributed by atoms with van der Waals surface area (Å²) < 4.78 is 0. The SMILES string of the molecule is CNCc1ccccc1CN1CCc2sccc2C1C. The molecule has 1 aromatic heterocycles. The summed E-state index contributed by atoms with van der Waals surface area (Å²) in [6.07, 6.45) is 1.20. The van der Waals surface area contributed by atoms with Crippen LogP contribution >= 0.6 is 11.3 Å². The van der Waals surface area contributed by atoms with Crippen molar-refractivity contribution in [3.63, 3.8) is 0 Å². The Hall–Kier alpha value is -1.16. The van der Waals surface area contributed by atoms with Gasteiger partial charge in [0.05, 0.1) is 0 Å². The van der Waals surface area contributed by atoms with Crippen molar-refractivity contribution in [2.75, 3.05) is 13.6 Å². The molecule has 106 valence electrons. The Morgan fingerprint density at radius 3 is 2.85 bits per heavy atom. The summed E-state index contributed by atoms with van der Waals surface area (Å²) in [5.41, 5.74) is 4.40. The molecule has 1 aliphatic rings. The maximum Gasteiger partial charge on any atom is 0.0334 e. The van der Waals surface area contributed by atoms with E-state index in [2.05, 4.69) is 52.9 Å². The molecule has 3 rings (SSSR count). The molecule has 1 atom stereocenters. The van der Waals surface area contributed by atoms with Crippen LogP contribution in [0, 0.1) is 0 Å². The van der Waals surface area contributed by atoms with Crippen molar-refractivity contribution in [2.45, 2.75) is 32.5 Å². The van der Waals surface area contributed by atoms with E-state index in [1.54, 1.807) is 4.88 Å². The minimum atomic E-state index is 0.535. The number of fused-ring (bicyclic) bond motifs is 1. The Labute approximate surface area is 125 Å². The third kappa shape index (κ3) is 2.66. The minimum absolute atomic E-state index is 0.535. The highest BCUT2D eigenvalue weighted by Crippen LogP contribution is 2.33. The highest BCUT2D eigenvalue weighted by atomic mass is 32.1. The third-order valence-corrected chi connectivity index (χ3v) is 5.26. The van der Waals surface area contributed by atoms with Crippen molar-refractivity contribution in [1.82, 2.24) is 10.2 Å². The van der Waals surface area contributed by atoms with E-state index in [9.17, 15) is 0 Å². The topological polar surface area (TPSA) is 15.3 Å². The first-order valence-corrected chi connectivity index (χ1v) is 8.19. The van der Waals surface area contributed by atoms with Gasteiger partial charge in [0.15, 0.2) is 0 Å². The van der Waals surface area contributed by atoms with E-state index in [0.29, 0.717) is 6.04 Å². The van der Waals surface area contributed by atoms with Crippen LogP contribution in [-0.2, 0) is 19.5 Å². The molecular weight excluding hydrogens is 264 g/mol. The van der Waals surface area contributed by atoms with E-state index in [1.165, 1.54) is 29.7 Å². The molecule has 0 amide bonds. The Bertz CT molecular complexity index is 576. The summed E-state index contributed by atoms with van der Waals surface area (Å²) in [6.45, 7) is 5.50. The molecule has 1 aromatic carbocycles. The van der Waals surface area contributed by atoms with Crippen molar-refractivity contribution in [2.24, 2.45) is 0 Å². The number of benzene rings is 1. The zero-order valence-corrected chi connectivity index (χ0v) is 13.0. The molecule has 20 heavy (non-hydrogen) atoms. The van der Waals surface area contributed by atoms with Crippen LogP contribution in [-0.4, -0.2) is 18.5 Å². The highest BCUT2D eigenvalue weighted by molar-refractivity contribution is 7.10. The highest BCUT2D eigenvalue weighted by Gasteiger charge is 2.24. The van der Waals surface area contributed by atoms with Gasteiger partial charge in [-0.2, -0.15) is 0 Å². The van der Waals surface area contributed by atoms with Crippen LogP contribution in [0.5, 0.6) is 0 Å². The van der Waals surface area contributed by atoms with Crippen LogP contribution in [0.4, 0.5) is 0 Å². The van der Waals surface area contributed by atoms with E-state index < -0.39 is 0 Å². The zero-order chi connectivity index (χ0) is 13.9. The molecular formula is C17H22N2S. The minimum Gasteiger partial charge on any atom is -0.316 e. The van der Waals surface area contributed by atoms with Crippen molar-refractivity contribution >= 4 is 11.3 Å². The summed E-state index contributed by atoms with van der Waals surface area (Å²) in [5, 5.41) is 5.50. The molecule has 2 nitrogen and oxygen atoms in total. The normalized spacial score (nSPS) is 19.0. The summed E-state index contributed by atoms with van der Waals surface area (Å²) in [6, 6.07) is 11.6. The number of rotatable bonds is 4. The van der Waals surface area contributed by atoms with Crippen LogP contribution < -0.4 is 5.32 Å². The molecule has 0 aliphatic carbocycles. The fourth-order valence-electron chi connectivity index (χ4n) is 3.07. The Kier molecular flexibility index (Phi) is 4.20. The predicted molar refractivity (Wildman–Crippen MR) is 86.1 cm³/mol. The van der Waals surface area contributed by atoms with Crippen LogP contribution in [0.2, 0.25) is 0 Å². The third-order valence-electron chi connectivity index (χ3n) is 4.26. The van der Waals surface area contributed by atoms with Gasteiger partial charge in [-0.1, -0.05) is 24.3 Å². The van der Waals surface area contributed by atoms with E-state index in [1.807, 2.05) is 18.4 Å². The molecule has 0 bridgehead atoms. The first-order valence-electron chi connectivity index (χ1n) is 7.31. The van der Waals surface area contributed by atoms with Gasteiger partial charge in [-0.15, -0.1) is 11.3 Å². The first-order chi connectivity index (χ1) is 9.79. The van der Waals surface area contributed by atoms with Crippen LogP contribution in [0.3, 0.4) is 0 Å². The van der Waals surface area contributed by atoms with Gasteiger partial charge >= 0.3 is 0 Å². The van der Waals surface area contributed by atoms with Crippen molar-refractivity contribution in [3.05, 3.63) is 57.3 Å².